The van der Waals surface area contributed by atoms with Crippen molar-refractivity contribution in [2.24, 2.45) is 0 Å². The van der Waals surface area contributed by atoms with Crippen LogP contribution < -0.4 is 4.90 Å². The van der Waals surface area contributed by atoms with E-state index in [0.717, 1.165) is 16.4 Å². The van der Waals surface area contributed by atoms with Crippen molar-refractivity contribution in [3.05, 3.63) is 35.9 Å². The summed E-state index contributed by atoms with van der Waals surface area (Å²) in [5, 5.41) is 9.19. The molecular formula is C20H29FN5O3S2+. The predicted octanol–water partition coefficient (Wildman–Crippen LogP) is 0.740. The fraction of sp³-hybridized carbons (Fsp3) is 0.550. The zero-order valence-electron chi connectivity index (χ0n) is 18.2. The van der Waals surface area contributed by atoms with Gasteiger partial charge in [-0.3, -0.25) is 9.36 Å². The van der Waals surface area contributed by atoms with Gasteiger partial charge in [-0.2, -0.15) is 0 Å². The average molecular weight is 471 g/mol. The Bertz CT molecular complexity index is 1020. The van der Waals surface area contributed by atoms with E-state index in [4.69, 9.17) is 0 Å². The summed E-state index contributed by atoms with van der Waals surface area (Å²) in [4.78, 5) is 15.7. The van der Waals surface area contributed by atoms with Crippen molar-refractivity contribution in [2.75, 3.05) is 37.9 Å². The van der Waals surface area contributed by atoms with Crippen LogP contribution in [0.2, 0.25) is 0 Å². The van der Waals surface area contributed by atoms with Crippen molar-refractivity contribution in [1.29, 1.82) is 0 Å². The molecule has 0 unspecified atom stereocenters. The fourth-order valence-corrected chi connectivity index (χ4v) is 6.19. The van der Waals surface area contributed by atoms with Gasteiger partial charge in [-0.25, -0.2) is 12.8 Å². The standard InChI is InChI=1S/C20H28FN5O3S2/c1-5-25(17-10-11-31(28,29)13-17)18(27)12-30-20-23-22-19(14(2)24(3)4)26(20)16-8-6-15(21)7-9-16/h6-9,14,17H,5,10-13H2,1-4H3/p+1/t14-,17-/m1/s1. The Morgan fingerprint density at radius 1 is 1.32 bits per heavy atom. The molecule has 0 bridgehead atoms. The number of sulfone groups is 1. The highest BCUT2D eigenvalue weighted by molar-refractivity contribution is 7.99. The summed E-state index contributed by atoms with van der Waals surface area (Å²) >= 11 is 1.25. The highest BCUT2D eigenvalue weighted by Crippen LogP contribution is 2.26. The molecule has 1 fully saturated rings. The summed E-state index contributed by atoms with van der Waals surface area (Å²) < 4.78 is 38.9. The van der Waals surface area contributed by atoms with E-state index in [1.54, 1.807) is 17.0 Å². The molecule has 0 spiro atoms. The van der Waals surface area contributed by atoms with Gasteiger partial charge in [0.15, 0.2) is 20.8 Å². The number of halogens is 1. The number of nitrogens with zero attached hydrogens (tertiary/aromatic N) is 4. The SMILES string of the molecule is CCN(C(=O)CSc1nnc([C@@H](C)[NH+](C)C)n1-c1ccc(F)cc1)[C@@H]1CCS(=O)(=O)C1. The van der Waals surface area contributed by atoms with Gasteiger partial charge in [-0.05, 0) is 44.5 Å². The normalized spacial score (nSPS) is 19.0. The van der Waals surface area contributed by atoms with Crippen LogP contribution in [-0.4, -0.2) is 77.9 Å². The summed E-state index contributed by atoms with van der Waals surface area (Å²) in [6.07, 6.45) is 0.478. The molecule has 31 heavy (non-hydrogen) atoms. The molecule has 170 valence electrons. The van der Waals surface area contributed by atoms with Crippen LogP contribution in [0.4, 0.5) is 4.39 Å². The number of hydrogen-bond acceptors (Lipinski definition) is 6. The molecule has 1 aromatic heterocycles. The van der Waals surface area contributed by atoms with Gasteiger partial charge >= 0.3 is 0 Å². The lowest BCUT2D eigenvalue weighted by Crippen LogP contribution is -3.05. The molecule has 2 atom stereocenters. The zero-order valence-corrected chi connectivity index (χ0v) is 19.8. The van der Waals surface area contributed by atoms with E-state index >= 15 is 0 Å². The van der Waals surface area contributed by atoms with Gasteiger partial charge in [0, 0.05) is 18.3 Å². The van der Waals surface area contributed by atoms with Crippen LogP contribution in [0.5, 0.6) is 0 Å². The van der Waals surface area contributed by atoms with Gasteiger partial charge in [-0.15, -0.1) is 10.2 Å². The second-order valence-electron chi connectivity index (χ2n) is 7.98. The number of quaternary nitrogens is 1. The molecule has 2 heterocycles. The fourth-order valence-electron chi connectivity index (χ4n) is 3.61. The van der Waals surface area contributed by atoms with Crippen LogP contribution >= 0.6 is 11.8 Å². The van der Waals surface area contributed by atoms with E-state index in [1.165, 1.54) is 23.9 Å². The first-order chi connectivity index (χ1) is 14.6. The van der Waals surface area contributed by atoms with Gasteiger partial charge in [0.1, 0.15) is 11.9 Å². The third kappa shape index (κ3) is 5.45. The molecule has 1 aliphatic heterocycles. The van der Waals surface area contributed by atoms with E-state index in [2.05, 4.69) is 10.2 Å². The van der Waals surface area contributed by atoms with Crippen molar-refractivity contribution in [3.8, 4) is 5.69 Å². The maximum atomic E-state index is 13.5. The van der Waals surface area contributed by atoms with Crippen molar-refractivity contribution in [2.45, 2.75) is 37.5 Å². The molecular weight excluding hydrogens is 441 g/mol. The number of hydrogen-bond donors (Lipinski definition) is 1. The van der Waals surface area contributed by atoms with Crippen molar-refractivity contribution >= 4 is 27.5 Å². The largest absolute Gasteiger partial charge is 0.338 e. The topological polar surface area (TPSA) is 89.6 Å². The lowest BCUT2D eigenvalue weighted by atomic mass is 10.2. The van der Waals surface area contributed by atoms with Crippen LogP contribution in [0.15, 0.2) is 29.4 Å². The maximum Gasteiger partial charge on any atom is 0.233 e. The monoisotopic (exact) mass is 470 g/mol. The Hall–Kier alpha value is -1.98. The first-order valence-electron chi connectivity index (χ1n) is 10.3. The van der Waals surface area contributed by atoms with Gasteiger partial charge in [0.25, 0.3) is 0 Å². The maximum absolute atomic E-state index is 13.5. The van der Waals surface area contributed by atoms with E-state index in [9.17, 15) is 17.6 Å². The summed E-state index contributed by atoms with van der Waals surface area (Å²) in [5.74, 6) is 0.524. The van der Waals surface area contributed by atoms with Gasteiger partial charge in [0.2, 0.25) is 5.91 Å². The number of benzene rings is 1. The lowest BCUT2D eigenvalue weighted by Gasteiger charge is -2.26. The molecule has 8 nitrogen and oxygen atoms in total. The summed E-state index contributed by atoms with van der Waals surface area (Å²) in [6, 6.07) is 5.83. The Balaban J connectivity index is 1.82. The molecule has 3 rings (SSSR count). The molecule has 1 amide bonds. The molecule has 2 aromatic rings. The zero-order chi connectivity index (χ0) is 22.8. The molecule has 1 aliphatic rings. The lowest BCUT2D eigenvalue weighted by molar-refractivity contribution is -0.890. The Morgan fingerprint density at radius 3 is 2.55 bits per heavy atom. The van der Waals surface area contributed by atoms with E-state index in [0.29, 0.717) is 18.1 Å². The summed E-state index contributed by atoms with van der Waals surface area (Å²) in [5.41, 5.74) is 0.721. The molecule has 1 N–H and O–H groups in total. The van der Waals surface area contributed by atoms with Crippen molar-refractivity contribution in [3.63, 3.8) is 0 Å². The van der Waals surface area contributed by atoms with E-state index < -0.39 is 9.84 Å². The molecule has 1 saturated heterocycles. The highest BCUT2D eigenvalue weighted by Gasteiger charge is 2.34. The van der Waals surface area contributed by atoms with Gasteiger partial charge in [0.05, 0.1) is 31.4 Å². The smallest absolute Gasteiger partial charge is 0.233 e. The minimum Gasteiger partial charge on any atom is -0.338 e. The first-order valence-corrected chi connectivity index (χ1v) is 13.1. The summed E-state index contributed by atoms with van der Waals surface area (Å²) in [7, 11) is 0.955. The number of rotatable bonds is 8. The Kier molecular flexibility index (Phi) is 7.38. The number of nitrogens with one attached hydrogen (secondary N) is 1. The Morgan fingerprint density at radius 2 is 2.00 bits per heavy atom. The third-order valence-corrected chi connectivity index (χ3v) is 8.30. The molecule has 0 radical (unpaired) electrons. The molecule has 0 saturated carbocycles. The minimum atomic E-state index is -3.07. The van der Waals surface area contributed by atoms with E-state index in [1.807, 2.05) is 32.5 Å². The number of amides is 1. The first kappa shape index (κ1) is 23.7. The van der Waals surface area contributed by atoms with Gasteiger partial charge in [-0.1, -0.05) is 11.8 Å². The Labute approximate surface area is 186 Å². The highest BCUT2D eigenvalue weighted by atomic mass is 32.2. The van der Waals surface area contributed by atoms with Crippen LogP contribution in [0.25, 0.3) is 5.69 Å². The molecule has 11 heteroatoms. The third-order valence-electron chi connectivity index (χ3n) is 5.63. The second kappa shape index (κ2) is 9.66. The number of carbonyl (C=O) groups excluding carboxylic acids is 1. The number of thioether (sulfide) groups is 1. The van der Waals surface area contributed by atoms with Crippen LogP contribution in [-0.2, 0) is 14.6 Å². The number of aromatic nitrogens is 3. The van der Waals surface area contributed by atoms with Crippen LogP contribution in [0.1, 0.15) is 32.1 Å². The van der Waals surface area contributed by atoms with E-state index in [-0.39, 0.29) is 41.1 Å². The van der Waals surface area contributed by atoms with Crippen molar-refractivity contribution in [1.82, 2.24) is 19.7 Å². The quantitative estimate of drug-likeness (QED) is 0.573. The summed E-state index contributed by atoms with van der Waals surface area (Å²) in [6.45, 7) is 4.34. The molecule has 0 aliphatic carbocycles. The van der Waals surface area contributed by atoms with Crippen LogP contribution in [0, 0.1) is 5.82 Å². The second-order valence-corrected chi connectivity index (χ2v) is 11.1. The predicted molar refractivity (Wildman–Crippen MR) is 118 cm³/mol. The minimum absolute atomic E-state index is 0.0241. The average Bonchev–Trinajstić information content (AvgIpc) is 3.30. The molecule has 1 aromatic carbocycles. The number of carbonyl (C=O) groups is 1. The van der Waals surface area contributed by atoms with Gasteiger partial charge < -0.3 is 9.80 Å². The van der Waals surface area contributed by atoms with Crippen LogP contribution in [0.3, 0.4) is 0 Å². The van der Waals surface area contributed by atoms with Crippen molar-refractivity contribution < 1.29 is 22.5 Å².